The molecule has 1 aliphatic rings. The van der Waals surface area contributed by atoms with E-state index in [0.717, 1.165) is 24.5 Å². The molecule has 1 aromatic heterocycles. The summed E-state index contributed by atoms with van der Waals surface area (Å²) in [7, 11) is 1.83. The SMILES string of the molecule is CC(N)c1ccc(N2CCN(C)C(=O)C2)nc1. The van der Waals surface area contributed by atoms with E-state index in [1.54, 1.807) is 11.1 Å². The molecule has 1 aromatic rings. The standard InChI is InChI=1S/C12H18N4O/c1-9(13)10-3-4-11(14-7-10)16-6-5-15(2)12(17)8-16/h3-4,7,9H,5-6,8,13H2,1-2H3. The fraction of sp³-hybridized carbons (Fsp3) is 0.500. The lowest BCUT2D eigenvalue weighted by Crippen LogP contribution is -2.48. The van der Waals surface area contributed by atoms with E-state index in [1.165, 1.54) is 0 Å². The summed E-state index contributed by atoms with van der Waals surface area (Å²) in [6.45, 7) is 3.90. The molecule has 0 bridgehead atoms. The lowest BCUT2D eigenvalue weighted by atomic mass is 10.1. The van der Waals surface area contributed by atoms with Crippen molar-refractivity contribution in [1.82, 2.24) is 9.88 Å². The summed E-state index contributed by atoms with van der Waals surface area (Å²) < 4.78 is 0. The first-order chi connectivity index (χ1) is 8.08. The highest BCUT2D eigenvalue weighted by Crippen LogP contribution is 2.16. The number of anilines is 1. The van der Waals surface area contributed by atoms with Crippen LogP contribution in [0.5, 0.6) is 0 Å². The van der Waals surface area contributed by atoms with Crippen molar-refractivity contribution in [2.24, 2.45) is 5.73 Å². The van der Waals surface area contributed by atoms with Gasteiger partial charge in [0.25, 0.3) is 0 Å². The number of aromatic nitrogens is 1. The maximum absolute atomic E-state index is 11.6. The molecule has 0 saturated carbocycles. The largest absolute Gasteiger partial charge is 0.346 e. The van der Waals surface area contributed by atoms with E-state index in [4.69, 9.17) is 5.73 Å². The second-order valence-corrected chi connectivity index (χ2v) is 4.48. The van der Waals surface area contributed by atoms with Crippen LogP contribution in [-0.2, 0) is 4.79 Å². The van der Waals surface area contributed by atoms with Crippen LogP contribution in [0.2, 0.25) is 0 Å². The summed E-state index contributed by atoms with van der Waals surface area (Å²) in [6, 6.07) is 3.89. The molecule has 0 spiro atoms. The predicted octanol–water partition coefficient (Wildman–Crippen LogP) is 0.380. The van der Waals surface area contributed by atoms with Crippen LogP contribution >= 0.6 is 0 Å². The topological polar surface area (TPSA) is 62.5 Å². The van der Waals surface area contributed by atoms with Crippen LogP contribution in [0.3, 0.4) is 0 Å². The summed E-state index contributed by atoms with van der Waals surface area (Å²) in [5.74, 6) is 0.977. The maximum Gasteiger partial charge on any atom is 0.241 e. The van der Waals surface area contributed by atoms with Gasteiger partial charge in [-0.05, 0) is 18.6 Å². The molecule has 17 heavy (non-hydrogen) atoms. The minimum absolute atomic E-state index is 0.00864. The van der Waals surface area contributed by atoms with Gasteiger partial charge in [0.1, 0.15) is 5.82 Å². The summed E-state index contributed by atoms with van der Waals surface area (Å²) in [4.78, 5) is 19.7. The van der Waals surface area contributed by atoms with Crippen molar-refractivity contribution >= 4 is 11.7 Å². The van der Waals surface area contributed by atoms with Gasteiger partial charge < -0.3 is 15.5 Å². The monoisotopic (exact) mass is 234 g/mol. The Hall–Kier alpha value is -1.62. The second kappa shape index (κ2) is 4.71. The minimum atomic E-state index is -0.00864. The molecule has 1 atom stereocenters. The Labute approximate surface area is 101 Å². The average Bonchev–Trinajstić information content (AvgIpc) is 2.33. The number of hydrogen-bond donors (Lipinski definition) is 1. The molecule has 5 nitrogen and oxygen atoms in total. The number of amides is 1. The molecule has 2 N–H and O–H groups in total. The number of carbonyl (C=O) groups excluding carboxylic acids is 1. The fourth-order valence-electron chi connectivity index (χ4n) is 1.81. The molecule has 2 heterocycles. The van der Waals surface area contributed by atoms with Gasteiger partial charge in [0.2, 0.25) is 5.91 Å². The van der Waals surface area contributed by atoms with E-state index in [2.05, 4.69) is 4.98 Å². The Balaban J connectivity index is 2.10. The molecule has 0 aromatic carbocycles. The van der Waals surface area contributed by atoms with Gasteiger partial charge in [-0.3, -0.25) is 4.79 Å². The zero-order chi connectivity index (χ0) is 12.4. The molecular weight excluding hydrogens is 216 g/mol. The van der Waals surface area contributed by atoms with Crippen molar-refractivity contribution in [3.63, 3.8) is 0 Å². The van der Waals surface area contributed by atoms with Gasteiger partial charge in [-0.25, -0.2) is 4.98 Å². The molecule has 0 radical (unpaired) electrons. The number of nitrogens with zero attached hydrogens (tertiary/aromatic N) is 3. The number of rotatable bonds is 2. The smallest absolute Gasteiger partial charge is 0.241 e. The van der Waals surface area contributed by atoms with Crippen molar-refractivity contribution in [3.05, 3.63) is 23.9 Å². The van der Waals surface area contributed by atoms with Crippen LogP contribution in [-0.4, -0.2) is 42.5 Å². The number of piperazine rings is 1. The van der Waals surface area contributed by atoms with E-state index in [-0.39, 0.29) is 11.9 Å². The minimum Gasteiger partial charge on any atom is -0.346 e. The van der Waals surface area contributed by atoms with E-state index in [1.807, 2.05) is 31.0 Å². The highest BCUT2D eigenvalue weighted by atomic mass is 16.2. The van der Waals surface area contributed by atoms with Crippen LogP contribution in [0.4, 0.5) is 5.82 Å². The van der Waals surface area contributed by atoms with Gasteiger partial charge >= 0.3 is 0 Å². The normalized spacial score (nSPS) is 18.4. The van der Waals surface area contributed by atoms with Gasteiger partial charge in [-0.1, -0.05) is 6.07 Å². The number of carbonyl (C=O) groups is 1. The third-order valence-corrected chi connectivity index (χ3v) is 3.08. The molecule has 1 aliphatic heterocycles. The van der Waals surface area contributed by atoms with E-state index >= 15 is 0 Å². The number of likely N-dealkylation sites (N-methyl/N-ethyl adjacent to an activating group) is 1. The molecular formula is C12H18N4O. The number of hydrogen-bond acceptors (Lipinski definition) is 4. The van der Waals surface area contributed by atoms with Gasteiger partial charge in [-0.2, -0.15) is 0 Å². The quantitative estimate of drug-likeness (QED) is 0.803. The van der Waals surface area contributed by atoms with Crippen molar-refractivity contribution in [3.8, 4) is 0 Å². The molecule has 2 rings (SSSR count). The number of nitrogens with two attached hydrogens (primary N) is 1. The third kappa shape index (κ3) is 2.55. The van der Waals surface area contributed by atoms with Gasteiger partial charge in [0, 0.05) is 32.4 Å². The van der Waals surface area contributed by atoms with E-state index < -0.39 is 0 Å². The molecule has 1 saturated heterocycles. The Morgan fingerprint density at radius 3 is 2.71 bits per heavy atom. The Bertz CT molecular complexity index is 401. The lowest BCUT2D eigenvalue weighted by Gasteiger charge is -2.32. The van der Waals surface area contributed by atoms with Crippen molar-refractivity contribution in [2.75, 3.05) is 31.6 Å². The Morgan fingerprint density at radius 1 is 1.41 bits per heavy atom. The molecule has 92 valence electrons. The van der Waals surface area contributed by atoms with Crippen molar-refractivity contribution in [2.45, 2.75) is 13.0 Å². The summed E-state index contributed by atoms with van der Waals surface area (Å²) >= 11 is 0. The molecule has 1 unspecified atom stereocenters. The summed E-state index contributed by atoms with van der Waals surface area (Å²) in [5, 5.41) is 0. The van der Waals surface area contributed by atoms with Crippen LogP contribution in [0.25, 0.3) is 0 Å². The summed E-state index contributed by atoms with van der Waals surface area (Å²) in [5.41, 5.74) is 6.78. The predicted molar refractivity (Wildman–Crippen MR) is 66.7 cm³/mol. The maximum atomic E-state index is 11.6. The van der Waals surface area contributed by atoms with Crippen LogP contribution < -0.4 is 10.6 Å². The fourth-order valence-corrected chi connectivity index (χ4v) is 1.81. The highest BCUT2D eigenvalue weighted by molar-refractivity contribution is 5.82. The molecule has 1 amide bonds. The van der Waals surface area contributed by atoms with Crippen molar-refractivity contribution < 1.29 is 4.79 Å². The number of pyridine rings is 1. The van der Waals surface area contributed by atoms with Gasteiger partial charge in [0.15, 0.2) is 0 Å². The zero-order valence-electron chi connectivity index (χ0n) is 10.3. The van der Waals surface area contributed by atoms with Crippen molar-refractivity contribution in [1.29, 1.82) is 0 Å². The molecule has 1 fully saturated rings. The first-order valence-corrected chi connectivity index (χ1v) is 5.78. The Morgan fingerprint density at radius 2 is 2.18 bits per heavy atom. The third-order valence-electron chi connectivity index (χ3n) is 3.08. The van der Waals surface area contributed by atoms with E-state index in [0.29, 0.717) is 6.54 Å². The summed E-state index contributed by atoms with van der Waals surface area (Å²) in [6.07, 6.45) is 1.78. The molecule has 5 heteroatoms. The first-order valence-electron chi connectivity index (χ1n) is 5.78. The van der Waals surface area contributed by atoms with Crippen LogP contribution in [0.1, 0.15) is 18.5 Å². The van der Waals surface area contributed by atoms with Crippen LogP contribution in [0.15, 0.2) is 18.3 Å². The van der Waals surface area contributed by atoms with Gasteiger partial charge in [-0.15, -0.1) is 0 Å². The van der Waals surface area contributed by atoms with Gasteiger partial charge in [0.05, 0.1) is 6.54 Å². The average molecular weight is 234 g/mol. The zero-order valence-corrected chi connectivity index (χ0v) is 10.3. The van der Waals surface area contributed by atoms with Crippen LogP contribution in [0, 0.1) is 0 Å². The second-order valence-electron chi connectivity index (χ2n) is 4.48. The molecule has 0 aliphatic carbocycles. The highest BCUT2D eigenvalue weighted by Gasteiger charge is 2.21. The van der Waals surface area contributed by atoms with E-state index in [9.17, 15) is 4.79 Å². The Kier molecular flexibility index (Phi) is 3.28. The lowest BCUT2D eigenvalue weighted by molar-refractivity contribution is -0.129. The first kappa shape index (κ1) is 11.9.